The molecule has 0 saturated heterocycles. The Hall–Kier alpha value is -0.610. The number of methoxy groups -OCH3 is 1. The highest BCUT2D eigenvalue weighted by Crippen LogP contribution is 2.42. The van der Waals surface area contributed by atoms with Crippen molar-refractivity contribution in [2.45, 2.75) is 45.6 Å². The third kappa shape index (κ3) is 3.96. The van der Waals surface area contributed by atoms with Crippen LogP contribution in [-0.4, -0.2) is 37.4 Å². The zero-order chi connectivity index (χ0) is 12.9. The van der Waals surface area contributed by atoms with Crippen LogP contribution in [0.4, 0.5) is 0 Å². The van der Waals surface area contributed by atoms with Gasteiger partial charge >= 0.3 is 0 Å². The molecule has 0 spiro atoms. The van der Waals surface area contributed by atoms with Crippen LogP contribution in [0.1, 0.15) is 39.5 Å². The molecule has 1 amide bonds. The van der Waals surface area contributed by atoms with Crippen molar-refractivity contribution in [1.29, 1.82) is 0 Å². The lowest BCUT2D eigenvalue weighted by atomic mass is 9.81. The Labute approximate surface area is 104 Å². The fraction of sp³-hybridized carbons (Fsp3) is 0.923. The molecule has 1 aliphatic rings. The van der Waals surface area contributed by atoms with Gasteiger partial charge in [-0.05, 0) is 24.7 Å². The van der Waals surface area contributed by atoms with Gasteiger partial charge in [0.25, 0.3) is 0 Å². The van der Waals surface area contributed by atoms with E-state index in [9.17, 15) is 4.79 Å². The topological polar surface area (TPSA) is 58.6 Å². The first-order chi connectivity index (χ1) is 8.01. The van der Waals surface area contributed by atoms with E-state index < -0.39 is 0 Å². The number of carbonyl (C=O) groups excluding carboxylic acids is 1. The number of hydrogen-bond donors (Lipinski definition) is 2. The van der Waals surface area contributed by atoms with Crippen LogP contribution < -0.4 is 5.32 Å². The highest BCUT2D eigenvalue weighted by molar-refractivity contribution is 5.80. The second-order valence-corrected chi connectivity index (χ2v) is 5.61. The molecular formula is C13H25NO3. The quantitative estimate of drug-likeness (QED) is 0.740. The number of ether oxygens (including phenoxy) is 1. The molecule has 17 heavy (non-hydrogen) atoms. The fourth-order valence-electron chi connectivity index (χ4n) is 2.67. The summed E-state index contributed by atoms with van der Waals surface area (Å²) in [6.45, 7) is 4.84. The van der Waals surface area contributed by atoms with Crippen LogP contribution in [0.25, 0.3) is 0 Å². The summed E-state index contributed by atoms with van der Waals surface area (Å²) < 4.78 is 5.05. The SMILES string of the molecule is COCC(CCO)NC(=O)C1CCCC1(C)C. The zero-order valence-electron chi connectivity index (χ0n) is 11.2. The van der Waals surface area contributed by atoms with Crippen molar-refractivity contribution in [3.8, 4) is 0 Å². The van der Waals surface area contributed by atoms with Crippen LogP contribution in [0, 0.1) is 11.3 Å². The van der Waals surface area contributed by atoms with Gasteiger partial charge in [-0.25, -0.2) is 0 Å². The van der Waals surface area contributed by atoms with Gasteiger partial charge in [0.15, 0.2) is 0 Å². The van der Waals surface area contributed by atoms with Crippen LogP contribution in [-0.2, 0) is 9.53 Å². The van der Waals surface area contributed by atoms with Gasteiger partial charge in [0.05, 0.1) is 12.6 Å². The smallest absolute Gasteiger partial charge is 0.223 e. The van der Waals surface area contributed by atoms with Gasteiger partial charge < -0.3 is 15.2 Å². The molecule has 4 nitrogen and oxygen atoms in total. The second-order valence-electron chi connectivity index (χ2n) is 5.61. The van der Waals surface area contributed by atoms with Gasteiger partial charge in [-0.2, -0.15) is 0 Å². The van der Waals surface area contributed by atoms with Crippen LogP contribution in [0.15, 0.2) is 0 Å². The molecule has 2 atom stereocenters. The molecule has 0 bridgehead atoms. The molecular weight excluding hydrogens is 218 g/mol. The monoisotopic (exact) mass is 243 g/mol. The first-order valence-electron chi connectivity index (χ1n) is 6.41. The summed E-state index contributed by atoms with van der Waals surface area (Å²) in [6.07, 6.45) is 3.75. The van der Waals surface area contributed by atoms with Crippen LogP contribution in [0.3, 0.4) is 0 Å². The highest BCUT2D eigenvalue weighted by atomic mass is 16.5. The molecule has 2 unspecified atom stereocenters. The summed E-state index contributed by atoms with van der Waals surface area (Å²) in [4.78, 5) is 12.2. The minimum atomic E-state index is -0.0751. The molecule has 1 aliphatic carbocycles. The van der Waals surface area contributed by atoms with Crippen molar-refractivity contribution >= 4 is 5.91 Å². The molecule has 0 aromatic heterocycles. The molecule has 0 aliphatic heterocycles. The number of rotatable bonds is 6. The molecule has 4 heteroatoms. The Morgan fingerprint density at radius 1 is 1.59 bits per heavy atom. The Balaban J connectivity index is 2.51. The number of carbonyl (C=O) groups is 1. The van der Waals surface area contributed by atoms with E-state index in [0.29, 0.717) is 13.0 Å². The highest BCUT2D eigenvalue weighted by Gasteiger charge is 2.39. The predicted molar refractivity (Wildman–Crippen MR) is 66.6 cm³/mol. The van der Waals surface area contributed by atoms with Gasteiger partial charge in [-0.1, -0.05) is 20.3 Å². The summed E-state index contributed by atoms with van der Waals surface area (Å²) in [5.41, 5.74) is 0.0981. The summed E-state index contributed by atoms with van der Waals surface area (Å²) in [6, 6.07) is -0.0751. The summed E-state index contributed by atoms with van der Waals surface area (Å²) in [5.74, 6) is 0.212. The van der Waals surface area contributed by atoms with Crippen molar-refractivity contribution < 1.29 is 14.6 Å². The van der Waals surface area contributed by atoms with Crippen LogP contribution >= 0.6 is 0 Å². The van der Waals surface area contributed by atoms with E-state index in [4.69, 9.17) is 9.84 Å². The van der Waals surface area contributed by atoms with Crippen LogP contribution in [0.5, 0.6) is 0 Å². The maximum atomic E-state index is 12.2. The minimum Gasteiger partial charge on any atom is -0.396 e. The van der Waals surface area contributed by atoms with Crippen molar-refractivity contribution in [1.82, 2.24) is 5.32 Å². The lowest BCUT2D eigenvalue weighted by Crippen LogP contribution is -2.44. The van der Waals surface area contributed by atoms with Crippen molar-refractivity contribution in [2.24, 2.45) is 11.3 Å². The number of hydrogen-bond acceptors (Lipinski definition) is 3. The van der Waals surface area contributed by atoms with E-state index in [2.05, 4.69) is 19.2 Å². The summed E-state index contributed by atoms with van der Waals surface area (Å²) >= 11 is 0. The number of nitrogens with one attached hydrogen (secondary N) is 1. The molecule has 1 fully saturated rings. The number of amides is 1. The Morgan fingerprint density at radius 3 is 2.76 bits per heavy atom. The maximum absolute atomic E-state index is 12.2. The molecule has 0 radical (unpaired) electrons. The third-order valence-corrected chi connectivity index (χ3v) is 3.77. The van der Waals surface area contributed by atoms with E-state index in [0.717, 1.165) is 19.3 Å². The summed E-state index contributed by atoms with van der Waals surface area (Å²) in [5, 5.41) is 11.9. The first-order valence-corrected chi connectivity index (χ1v) is 6.41. The van der Waals surface area contributed by atoms with E-state index in [1.807, 2.05) is 0 Å². The largest absolute Gasteiger partial charge is 0.396 e. The van der Waals surface area contributed by atoms with Crippen LogP contribution in [0.2, 0.25) is 0 Å². The molecule has 1 rings (SSSR count). The predicted octanol–water partition coefficient (Wildman–Crippen LogP) is 1.33. The van der Waals surface area contributed by atoms with Gasteiger partial charge in [0.2, 0.25) is 5.91 Å². The van der Waals surface area contributed by atoms with Crippen molar-refractivity contribution in [3.05, 3.63) is 0 Å². The normalized spacial score (nSPS) is 24.6. The minimum absolute atomic E-state index is 0.0718. The van der Waals surface area contributed by atoms with E-state index in [1.165, 1.54) is 0 Å². The lowest BCUT2D eigenvalue weighted by Gasteiger charge is -2.28. The van der Waals surface area contributed by atoms with Crippen molar-refractivity contribution in [3.63, 3.8) is 0 Å². The number of aliphatic hydroxyl groups excluding tert-OH is 1. The maximum Gasteiger partial charge on any atom is 0.223 e. The third-order valence-electron chi connectivity index (χ3n) is 3.77. The average molecular weight is 243 g/mol. The first kappa shape index (κ1) is 14.5. The molecule has 1 saturated carbocycles. The second kappa shape index (κ2) is 6.36. The molecule has 0 aromatic rings. The van der Waals surface area contributed by atoms with Gasteiger partial charge in [-0.15, -0.1) is 0 Å². The molecule has 2 N–H and O–H groups in total. The van der Waals surface area contributed by atoms with Crippen molar-refractivity contribution in [2.75, 3.05) is 20.3 Å². The zero-order valence-corrected chi connectivity index (χ0v) is 11.2. The Bertz CT molecular complexity index is 247. The standard InChI is InChI=1S/C13H25NO3/c1-13(2)7-4-5-11(13)12(16)14-10(6-8-15)9-17-3/h10-11,15H,4-9H2,1-3H3,(H,14,16). The molecule has 100 valence electrons. The van der Waals surface area contributed by atoms with E-state index in [-0.39, 0.29) is 29.9 Å². The Morgan fingerprint density at radius 2 is 2.29 bits per heavy atom. The molecule has 0 aromatic carbocycles. The van der Waals surface area contributed by atoms with Gasteiger partial charge in [0, 0.05) is 19.6 Å². The summed E-state index contributed by atoms with van der Waals surface area (Å²) in [7, 11) is 1.61. The van der Waals surface area contributed by atoms with Gasteiger partial charge in [-0.3, -0.25) is 4.79 Å². The molecule has 0 heterocycles. The average Bonchev–Trinajstić information content (AvgIpc) is 2.58. The number of aliphatic hydroxyl groups is 1. The van der Waals surface area contributed by atoms with E-state index >= 15 is 0 Å². The van der Waals surface area contributed by atoms with Gasteiger partial charge in [0.1, 0.15) is 0 Å². The fourth-order valence-corrected chi connectivity index (χ4v) is 2.67. The Kier molecular flexibility index (Phi) is 5.40. The lowest BCUT2D eigenvalue weighted by molar-refractivity contribution is -0.128. The van der Waals surface area contributed by atoms with E-state index in [1.54, 1.807) is 7.11 Å².